The highest BCUT2D eigenvalue weighted by Crippen LogP contribution is 2.32. The number of ketones is 1. The lowest BCUT2D eigenvalue weighted by molar-refractivity contribution is 0.102. The van der Waals surface area contributed by atoms with E-state index in [0.29, 0.717) is 30.0 Å². The van der Waals surface area contributed by atoms with Crippen molar-refractivity contribution in [1.29, 1.82) is 0 Å². The number of hydrogen-bond donors (Lipinski definition) is 0. The summed E-state index contributed by atoms with van der Waals surface area (Å²) in [6.45, 7) is 3.96. The van der Waals surface area contributed by atoms with Crippen molar-refractivity contribution < 1.29 is 13.2 Å². The Hall–Kier alpha value is -1.45. The van der Waals surface area contributed by atoms with E-state index in [9.17, 15) is 13.2 Å². The van der Waals surface area contributed by atoms with Crippen LogP contribution in [-0.2, 0) is 16.4 Å². The van der Waals surface area contributed by atoms with Gasteiger partial charge in [-0.2, -0.15) is 0 Å². The van der Waals surface area contributed by atoms with Crippen molar-refractivity contribution in [2.24, 2.45) is 0 Å². The maximum Gasteiger partial charge on any atom is 0.234 e. The van der Waals surface area contributed by atoms with E-state index in [1.54, 1.807) is 19.1 Å². The summed E-state index contributed by atoms with van der Waals surface area (Å²) in [5, 5.41) is 8.79. The predicted molar refractivity (Wildman–Crippen MR) is 96.7 cm³/mol. The van der Waals surface area contributed by atoms with Gasteiger partial charge in [-0.05, 0) is 44.0 Å². The van der Waals surface area contributed by atoms with Crippen LogP contribution in [0.3, 0.4) is 0 Å². The van der Waals surface area contributed by atoms with Crippen LogP contribution in [0, 0.1) is 6.92 Å². The van der Waals surface area contributed by atoms with Gasteiger partial charge >= 0.3 is 0 Å². The second-order valence-corrected chi connectivity index (χ2v) is 9.95. The Balaban J connectivity index is 1.73. The summed E-state index contributed by atoms with van der Waals surface area (Å²) in [4.78, 5) is 12.4. The normalized spacial score (nSPS) is 14.0. The van der Waals surface area contributed by atoms with Gasteiger partial charge in [-0.15, -0.1) is 10.2 Å². The molecule has 1 aromatic heterocycles. The first-order valence-electron chi connectivity index (χ1n) is 7.50. The fourth-order valence-electron chi connectivity index (χ4n) is 2.54. The zero-order valence-electron chi connectivity index (χ0n) is 13.4. The van der Waals surface area contributed by atoms with Gasteiger partial charge in [0, 0.05) is 12.1 Å². The van der Waals surface area contributed by atoms with E-state index in [1.165, 1.54) is 27.4 Å². The van der Waals surface area contributed by atoms with E-state index in [-0.39, 0.29) is 11.5 Å². The highest BCUT2D eigenvalue weighted by Gasteiger charge is 2.28. The number of thioether (sulfide) groups is 1. The number of aromatic nitrogens is 2. The highest BCUT2D eigenvalue weighted by molar-refractivity contribution is 8.01. The zero-order valence-corrected chi connectivity index (χ0v) is 15.8. The third-order valence-corrected chi connectivity index (χ3v) is 7.54. The van der Waals surface area contributed by atoms with Gasteiger partial charge in [0.25, 0.3) is 0 Å². The molecule has 0 atom stereocenters. The number of carbonyl (C=O) groups is 1. The van der Waals surface area contributed by atoms with E-state index in [4.69, 9.17) is 0 Å². The minimum Gasteiger partial charge on any atom is -0.293 e. The van der Waals surface area contributed by atoms with Crippen LogP contribution < -0.4 is 4.31 Å². The number of rotatable bonds is 6. The molecule has 0 unspecified atom stereocenters. The molecular weight excluding hydrogens is 366 g/mol. The molecule has 0 N–H and O–H groups in total. The Morgan fingerprint density at radius 1 is 1.38 bits per heavy atom. The zero-order chi connectivity index (χ0) is 17.3. The Labute approximate surface area is 149 Å². The standard InChI is InChI=1S/C15H17N3O3S3/c1-3-24(20,21)18-7-6-11-8-12(4-5-13(11)18)14(19)9-22-15-17-16-10(2)23-15/h4-5,8H,3,6-7,9H2,1-2H3. The second kappa shape index (κ2) is 6.81. The van der Waals surface area contributed by atoms with Gasteiger partial charge in [-0.1, -0.05) is 23.1 Å². The third kappa shape index (κ3) is 3.47. The highest BCUT2D eigenvalue weighted by atomic mass is 32.2. The van der Waals surface area contributed by atoms with Crippen LogP contribution >= 0.6 is 23.1 Å². The van der Waals surface area contributed by atoms with Crippen LogP contribution in [0.15, 0.2) is 22.5 Å². The molecule has 0 bridgehead atoms. The molecule has 1 aromatic carbocycles. The number of carbonyl (C=O) groups excluding carboxylic acids is 1. The van der Waals surface area contributed by atoms with E-state index in [0.717, 1.165) is 14.9 Å². The first kappa shape index (κ1) is 17.4. The van der Waals surface area contributed by atoms with Crippen molar-refractivity contribution in [2.45, 2.75) is 24.6 Å². The molecule has 0 saturated heterocycles. The van der Waals surface area contributed by atoms with Crippen molar-refractivity contribution in [3.8, 4) is 0 Å². The molecule has 0 aliphatic carbocycles. The van der Waals surface area contributed by atoms with Crippen molar-refractivity contribution in [3.63, 3.8) is 0 Å². The molecular formula is C15H17N3O3S3. The number of benzene rings is 1. The number of nitrogens with zero attached hydrogens (tertiary/aromatic N) is 3. The lowest BCUT2D eigenvalue weighted by atomic mass is 10.1. The Bertz CT molecular complexity index is 877. The topological polar surface area (TPSA) is 80.2 Å². The number of hydrogen-bond acceptors (Lipinski definition) is 7. The minimum atomic E-state index is -3.26. The molecule has 0 spiro atoms. The Morgan fingerprint density at radius 3 is 2.83 bits per heavy atom. The molecule has 24 heavy (non-hydrogen) atoms. The molecule has 0 saturated carbocycles. The molecule has 128 valence electrons. The van der Waals surface area contributed by atoms with Gasteiger partial charge < -0.3 is 0 Å². The molecule has 0 fully saturated rings. The first-order chi connectivity index (χ1) is 11.4. The number of anilines is 1. The summed E-state index contributed by atoms with van der Waals surface area (Å²) in [5.41, 5.74) is 2.22. The molecule has 3 rings (SSSR count). The summed E-state index contributed by atoms with van der Waals surface area (Å²) in [6, 6.07) is 5.26. The third-order valence-electron chi connectivity index (χ3n) is 3.79. The summed E-state index contributed by atoms with van der Waals surface area (Å²) in [6.07, 6.45) is 0.637. The van der Waals surface area contributed by atoms with E-state index < -0.39 is 10.0 Å². The summed E-state index contributed by atoms with van der Waals surface area (Å²) >= 11 is 2.84. The average Bonchev–Trinajstić information content (AvgIpc) is 3.18. The van der Waals surface area contributed by atoms with Crippen LogP contribution in [0.2, 0.25) is 0 Å². The molecule has 2 aromatic rings. The quantitative estimate of drug-likeness (QED) is 0.563. The molecule has 0 amide bonds. The summed E-state index contributed by atoms with van der Waals surface area (Å²) in [5.74, 6) is 0.377. The fraction of sp³-hybridized carbons (Fsp3) is 0.400. The van der Waals surface area contributed by atoms with Gasteiger partial charge in [0.1, 0.15) is 5.01 Å². The van der Waals surface area contributed by atoms with Crippen molar-refractivity contribution in [1.82, 2.24) is 10.2 Å². The molecule has 9 heteroatoms. The Morgan fingerprint density at radius 2 is 2.17 bits per heavy atom. The number of sulfonamides is 1. The monoisotopic (exact) mass is 383 g/mol. The number of aryl methyl sites for hydroxylation is 1. The largest absolute Gasteiger partial charge is 0.293 e. The molecule has 1 aliphatic heterocycles. The van der Waals surface area contributed by atoms with E-state index in [1.807, 2.05) is 13.0 Å². The van der Waals surface area contributed by atoms with Crippen LogP contribution in [0.1, 0.15) is 27.9 Å². The van der Waals surface area contributed by atoms with E-state index >= 15 is 0 Å². The summed E-state index contributed by atoms with van der Waals surface area (Å²) < 4.78 is 26.4. The fourth-order valence-corrected chi connectivity index (χ4v) is 5.41. The maximum atomic E-state index is 12.4. The van der Waals surface area contributed by atoms with Crippen molar-refractivity contribution in [3.05, 3.63) is 34.3 Å². The van der Waals surface area contributed by atoms with Gasteiger partial charge in [0.2, 0.25) is 10.0 Å². The van der Waals surface area contributed by atoms with Gasteiger partial charge in [-0.25, -0.2) is 8.42 Å². The second-order valence-electron chi connectivity index (χ2n) is 5.37. The lowest BCUT2D eigenvalue weighted by Gasteiger charge is -2.18. The van der Waals surface area contributed by atoms with E-state index in [2.05, 4.69) is 10.2 Å². The smallest absolute Gasteiger partial charge is 0.234 e. The van der Waals surface area contributed by atoms with Gasteiger partial charge in [0.05, 0.1) is 17.2 Å². The average molecular weight is 384 g/mol. The van der Waals surface area contributed by atoms with Crippen LogP contribution in [0.25, 0.3) is 0 Å². The maximum absolute atomic E-state index is 12.4. The molecule has 2 heterocycles. The van der Waals surface area contributed by atoms with Crippen LogP contribution in [0.5, 0.6) is 0 Å². The minimum absolute atomic E-state index is 0.00690. The van der Waals surface area contributed by atoms with Crippen LogP contribution in [-0.4, -0.2) is 42.4 Å². The molecule has 1 aliphatic rings. The van der Waals surface area contributed by atoms with Crippen LogP contribution in [0.4, 0.5) is 5.69 Å². The molecule has 0 radical (unpaired) electrons. The van der Waals surface area contributed by atoms with Gasteiger partial charge in [0.15, 0.2) is 10.1 Å². The molecule has 6 nitrogen and oxygen atoms in total. The predicted octanol–water partition coefficient (Wildman–Crippen LogP) is 2.53. The summed E-state index contributed by atoms with van der Waals surface area (Å²) in [7, 11) is -3.26. The van der Waals surface area contributed by atoms with Gasteiger partial charge in [-0.3, -0.25) is 9.10 Å². The first-order valence-corrected chi connectivity index (χ1v) is 10.9. The number of fused-ring (bicyclic) bond motifs is 1. The Kier molecular flexibility index (Phi) is 4.93. The van der Waals surface area contributed by atoms with Crippen molar-refractivity contribution in [2.75, 3.05) is 22.4 Å². The lowest BCUT2D eigenvalue weighted by Crippen LogP contribution is -2.30. The SMILES string of the molecule is CCS(=O)(=O)N1CCc2cc(C(=O)CSc3nnc(C)s3)ccc21. The van der Waals surface area contributed by atoms with Crippen molar-refractivity contribution >= 4 is 44.6 Å². The number of Topliss-reactive ketones (excluding diaryl/α,β-unsaturated/α-hetero) is 1.